The molecule has 0 spiro atoms. The number of rotatable bonds is 5. The molecule has 0 radical (unpaired) electrons. The van der Waals surface area contributed by atoms with E-state index in [-0.39, 0.29) is 0 Å². The number of aromatic nitrogens is 1. The van der Waals surface area contributed by atoms with Crippen LogP contribution in [0, 0.1) is 5.92 Å². The van der Waals surface area contributed by atoms with Gasteiger partial charge in [0.25, 0.3) is 0 Å². The molecule has 2 nitrogen and oxygen atoms in total. The van der Waals surface area contributed by atoms with E-state index in [1.807, 2.05) is 12.1 Å². The van der Waals surface area contributed by atoms with Crippen molar-refractivity contribution >= 4 is 11.8 Å². The van der Waals surface area contributed by atoms with Gasteiger partial charge in [-0.15, -0.1) is 11.8 Å². The van der Waals surface area contributed by atoms with Crippen LogP contribution in [0.5, 0.6) is 0 Å². The summed E-state index contributed by atoms with van der Waals surface area (Å²) in [6, 6.07) is 3.92. The maximum absolute atomic E-state index is 9.32. The second kappa shape index (κ2) is 6.13. The van der Waals surface area contributed by atoms with Crippen molar-refractivity contribution in [3.05, 3.63) is 23.9 Å². The maximum atomic E-state index is 9.32. The van der Waals surface area contributed by atoms with Gasteiger partial charge in [-0.1, -0.05) is 26.3 Å². The molecule has 1 aromatic heterocycles. The lowest BCUT2D eigenvalue weighted by molar-refractivity contribution is 0.198. The highest BCUT2D eigenvalue weighted by atomic mass is 32.2. The van der Waals surface area contributed by atoms with Crippen LogP contribution in [0.3, 0.4) is 0 Å². The molecule has 1 heterocycles. The zero-order chi connectivity index (χ0) is 11.3. The zero-order valence-electron chi connectivity index (χ0n) is 9.60. The number of thioether (sulfide) groups is 1. The van der Waals surface area contributed by atoms with Crippen molar-refractivity contribution in [2.24, 2.45) is 5.92 Å². The number of nitrogens with zero attached hydrogens (tertiary/aromatic N) is 1. The van der Waals surface area contributed by atoms with Gasteiger partial charge in [0.05, 0.1) is 11.1 Å². The smallest absolute Gasteiger partial charge is 0.0960 e. The first kappa shape index (κ1) is 12.5. The molecule has 84 valence electrons. The van der Waals surface area contributed by atoms with Crippen LogP contribution in [-0.2, 0) is 0 Å². The van der Waals surface area contributed by atoms with E-state index in [2.05, 4.69) is 18.8 Å². The number of pyridine rings is 1. The lowest BCUT2D eigenvalue weighted by Crippen LogP contribution is -1.97. The Morgan fingerprint density at radius 1 is 1.40 bits per heavy atom. The van der Waals surface area contributed by atoms with Gasteiger partial charge in [-0.2, -0.15) is 0 Å². The van der Waals surface area contributed by atoms with Gasteiger partial charge in [0, 0.05) is 11.9 Å². The third-order valence-electron chi connectivity index (χ3n) is 2.45. The van der Waals surface area contributed by atoms with Gasteiger partial charge in [-0.05, 0) is 24.5 Å². The van der Waals surface area contributed by atoms with E-state index in [0.717, 1.165) is 22.3 Å². The van der Waals surface area contributed by atoms with Crippen molar-refractivity contribution in [1.29, 1.82) is 0 Å². The number of hydrogen-bond acceptors (Lipinski definition) is 3. The van der Waals surface area contributed by atoms with Crippen molar-refractivity contribution in [3.8, 4) is 0 Å². The van der Waals surface area contributed by atoms with E-state index in [9.17, 15) is 5.11 Å². The molecule has 0 saturated heterocycles. The second-order valence-electron chi connectivity index (χ2n) is 3.93. The van der Waals surface area contributed by atoms with Crippen LogP contribution in [0.1, 0.15) is 38.9 Å². The second-order valence-corrected chi connectivity index (χ2v) is 4.97. The van der Waals surface area contributed by atoms with E-state index >= 15 is 0 Å². The van der Waals surface area contributed by atoms with Gasteiger partial charge in [0.2, 0.25) is 0 Å². The Hall–Kier alpha value is -0.540. The molecule has 1 rings (SSSR count). The van der Waals surface area contributed by atoms with Gasteiger partial charge in [0.15, 0.2) is 0 Å². The molecule has 1 aromatic rings. The van der Waals surface area contributed by atoms with Crippen molar-refractivity contribution in [3.63, 3.8) is 0 Å². The molecule has 0 saturated carbocycles. The Kier molecular flexibility index (Phi) is 5.12. The monoisotopic (exact) mass is 225 g/mol. The Morgan fingerprint density at radius 2 is 2.13 bits per heavy atom. The van der Waals surface area contributed by atoms with Crippen LogP contribution in [0.25, 0.3) is 0 Å². The Labute approximate surface area is 96.1 Å². The third-order valence-corrected chi connectivity index (χ3v) is 3.73. The Bertz CT molecular complexity index is 284. The maximum Gasteiger partial charge on any atom is 0.0960 e. The van der Waals surface area contributed by atoms with E-state index in [1.54, 1.807) is 24.9 Å². The molecule has 0 fully saturated rings. The quantitative estimate of drug-likeness (QED) is 0.781. The molecule has 0 aromatic carbocycles. The fourth-order valence-corrected chi connectivity index (χ4v) is 2.05. The van der Waals surface area contributed by atoms with Crippen molar-refractivity contribution < 1.29 is 5.11 Å². The molecular formula is C12H19NOS. The minimum atomic E-state index is -0.425. The van der Waals surface area contributed by atoms with Crippen molar-refractivity contribution in [1.82, 2.24) is 4.98 Å². The highest BCUT2D eigenvalue weighted by Gasteiger charge is 2.03. The topological polar surface area (TPSA) is 33.1 Å². The SMILES string of the molecule is CCC(C)CSc1ccc([C@@H](C)O)cn1. The largest absolute Gasteiger partial charge is 0.389 e. The number of aliphatic hydroxyl groups is 1. The summed E-state index contributed by atoms with van der Waals surface area (Å²) >= 11 is 1.78. The van der Waals surface area contributed by atoms with Crippen LogP contribution in [-0.4, -0.2) is 15.8 Å². The summed E-state index contributed by atoms with van der Waals surface area (Å²) in [6.45, 7) is 6.20. The Balaban J connectivity index is 2.50. The van der Waals surface area contributed by atoms with Crippen molar-refractivity contribution in [2.75, 3.05) is 5.75 Å². The zero-order valence-corrected chi connectivity index (χ0v) is 10.4. The van der Waals surface area contributed by atoms with E-state index < -0.39 is 6.10 Å². The normalized spacial score (nSPS) is 14.9. The number of aliphatic hydroxyl groups excluding tert-OH is 1. The number of hydrogen-bond donors (Lipinski definition) is 1. The molecule has 15 heavy (non-hydrogen) atoms. The Morgan fingerprint density at radius 3 is 2.60 bits per heavy atom. The highest BCUT2D eigenvalue weighted by Crippen LogP contribution is 2.21. The molecule has 0 bridgehead atoms. The van der Waals surface area contributed by atoms with Crippen LogP contribution in [0.4, 0.5) is 0 Å². The molecule has 0 aliphatic rings. The summed E-state index contributed by atoms with van der Waals surface area (Å²) in [5, 5.41) is 10.4. The van der Waals surface area contributed by atoms with Gasteiger partial charge < -0.3 is 5.11 Å². The van der Waals surface area contributed by atoms with Crippen LogP contribution in [0.15, 0.2) is 23.4 Å². The van der Waals surface area contributed by atoms with E-state index in [4.69, 9.17) is 0 Å². The minimum absolute atomic E-state index is 0.425. The summed E-state index contributed by atoms with van der Waals surface area (Å²) in [4.78, 5) is 4.31. The molecule has 2 atom stereocenters. The van der Waals surface area contributed by atoms with E-state index in [1.165, 1.54) is 6.42 Å². The lowest BCUT2D eigenvalue weighted by atomic mass is 10.2. The minimum Gasteiger partial charge on any atom is -0.389 e. The first-order chi connectivity index (χ1) is 7.13. The predicted molar refractivity (Wildman–Crippen MR) is 65.0 cm³/mol. The van der Waals surface area contributed by atoms with Gasteiger partial charge in [-0.3, -0.25) is 0 Å². The molecule has 0 aliphatic carbocycles. The summed E-state index contributed by atoms with van der Waals surface area (Å²) in [6.07, 6.45) is 2.54. The highest BCUT2D eigenvalue weighted by molar-refractivity contribution is 7.99. The molecule has 3 heteroatoms. The average molecular weight is 225 g/mol. The predicted octanol–water partition coefficient (Wildman–Crippen LogP) is 3.27. The fourth-order valence-electron chi connectivity index (χ4n) is 1.07. The van der Waals surface area contributed by atoms with Crippen molar-refractivity contribution in [2.45, 2.75) is 38.3 Å². The summed E-state index contributed by atoms with van der Waals surface area (Å²) in [7, 11) is 0. The molecule has 0 aliphatic heterocycles. The fraction of sp³-hybridized carbons (Fsp3) is 0.583. The van der Waals surface area contributed by atoms with E-state index in [0.29, 0.717) is 0 Å². The van der Waals surface area contributed by atoms with Crippen LogP contribution < -0.4 is 0 Å². The average Bonchev–Trinajstić information content (AvgIpc) is 2.26. The molecular weight excluding hydrogens is 206 g/mol. The molecule has 0 amide bonds. The standard InChI is InChI=1S/C12H19NOS/c1-4-9(2)8-15-12-6-5-11(7-13-12)10(3)14/h5-7,9-10,14H,4,8H2,1-3H3/t9?,10-/m1/s1. The summed E-state index contributed by atoms with van der Waals surface area (Å²) in [5.41, 5.74) is 0.878. The lowest BCUT2D eigenvalue weighted by Gasteiger charge is -2.08. The molecule has 1 N–H and O–H groups in total. The summed E-state index contributed by atoms with van der Waals surface area (Å²) < 4.78 is 0. The third kappa shape index (κ3) is 4.22. The van der Waals surface area contributed by atoms with Crippen LogP contribution >= 0.6 is 11.8 Å². The van der Waals surface area contributed by atoms with Crippen LogP contribution in [0.2, 0.25) is 0 Å². The van der Waals surface area contributed by atoms with Gasteiger partial charge >= 0.3 is 0 Å². The van der Waals surface area contributed by atoms with Gasteiger partial charge in [0.1, 0.15) is 0 Å². The first-order valence-electron chi connectivity index (χ1n) is 5.40. The molecule has 1 unspecified atom stereocenters. The van der Waals surface area contributed by atoms with Gasteiger partial charge in [-0.25, -0.2) is 4.98 Å². The first-order valence-corrected chi connectivity index (χ1v) is 6.38. The summed E-state index contributed by atoms with van der Waals surface area (Å²) in [5.74, 6) is 1.84.